The number of nitrogens with one attached hydrogen (secondary N) is 2. The molecule has 0 bridgehead atoms. The van der Waals surface area contributed by atoms with Gasteiger partial charge >= 0.3 is 5.69 Å². The Morgan fingerprint density at radius 2 is 2.41 bits per heavy atom. The monoisotopic (exact) mass is 250 g/mol. The first-order valence-electron chi connectivity index (χ1n) is 5.23. The van der Waals surface area contributed by atoms with Crippen LogP contribution in [0.2, 0.25) is 0 Å². The largest absolute Gasteiger partial charge is 0.341 e. The third-order valence-corrected chi connectivity index (χ3v) is 3.82. The predicted molar refractivity (Wildman–Crippen MR) is 62.0 cm³/mol. The van der Waals surface area contributed by atoms with Crippen molar-refractivity contribution in [3.8, 4) is 0 Å². The second-order valence-electron chi connectivity index (χ2n) is 3.87. The van der Waals surface area contributed by atoms with Crippen molar-refractivity contribution in [2.75, 3.05) is 6.54 Å². The molecular formula is C10H10N4O2S. The van der Waals surface area contributed by atoms with Crippen LogP contribution in [0.4, 0.5) is 0 Å². The van der Waals surface area contributed by atoms with E-state index in [4.69, 9.17) is 0 Å². The van der Waals surface area contributed by atoms with Crippen LogP contribution in [0.5, 0.6) is 0 Å². The molecule has 3 heterocycles. The van der Waals surface area contributed by atoms with Crippen molar-refractivity contribution in [1.29, 1.82) is 0 Å². The Labute approximate surface area is 100 Å². The molecule has 0 saturated heterocycles. The summed E-state index contributed by atoms with van der Waals surface area (Å²) in [5.41, 5.74) is 0.731. The highest BCUT2D eigenvalue weighted by molar-refractivity contribution is 7.10. The summed E-state index contributed by atoms with van der Waals surface area (Å²) >= 11 is 1.72. The lowest BCUT2D eigenvalue weighted by molar-refractivity contribution is 0.0724. The maximum absolute atomic E-state index is 12.0. The number of H-pyrrole nitrogens is 2. The van der Waals surface area contributed by atoms with E-state index in [1.165, 1.54) is 10.4 Å². The second-order valence-corrected chi connectivity index (χ2v) is 4.87. The minimum atomic E-state index is -0.457. The van der Waals surface area contributed by atoms with Crippen molar-refractivity contribution >= 4 is 17.2 Å². The van der Waals surface area contributed by atoms with Crippen LogP contribution in [0.3, 0.4) is 0 Å². The first kappa shape index (κ1) is 10.3. The van der Waals surface area contributed by atoms with Crippen LogP contribution < -0.4 is 5.69 Å². The fourth-order valence-corrected chi connectivity index (χ4v) is 2.83. The molecule has 17 heavy (non-hydrogen) atoms. The molecule has 7 heteroatoms. The van der Waals surface area contributed by atoms with E-state index in [0.717, 1.165) is 6.42 Å². The van der Waals surface area contributed by atoms with Crippen LogP contribution in [0.25, 0.3) is 0 Å². The van der Waals surface area contributed by atoms with E-state index < -0.39 is 5.69 Å². The van der Waals surface area contributed by atoms with Crippen LogP contribution in [-0.4, -0.2) is 32.5 Å². The van der Waals surface area contributed by atoms with E-state index in [2.05, 4.69) is 15.2 Å². The molecule has 1 amide bonds. The third-order valence-electron chi connectivity index (χ3n) is 2.80. The molecule has 0 saturated carbocycles. The maximum atomic E-state index is 12.0. The highest BCUT2D eigenvalue weighted by Gasteiger charge is 2.24. The predicted octanol–water partition coefficient (Wildman–Crippen LogP) is 0.358. The number of carbonyl (C=O) groups excluding carboxylic acids is 1. The average molecular weight is 250 g/mol. The van der Waals surface area contributed by atoms with Gasteiger partial charge in [0.15, 0.2) is 0 Å². The molecule has 0 fully saturated rings. The molecule has 2 aromatic heterocycles. The van der Waals surface area contributed by atoms with E-state index in [1.54, 1.807) is 16.2 Å². The summed E-state index contributed by atoms with van der Waals surface area (Å²) in [6, 6.07) is 2.03. The zero-order valence-corrected chi connectivity index (χ0v) is 9.71. The van der Waals surface area contributed by atoms with Gasteiger partial charge in [-0.1, -0.05) is 0 Å². The van der Waals surface area contributed by atoms with Gasteiger partial charge in [0.05, 0.1) is 0 Å². The fourth-order valence-electron chi connectivity index (χ4n) is 1.94. The lowest BCUT2D eigenvalue weighted by Crippen LogP contribution is -2.36. The Hall–Kier alpha value is -1.89. The molecule has 88 valence electrons. The van der Waals surface area contributed by atoms with Crippen LogP contribution in [0, 0.1) is 0 Å². The smallest absolute Gasteiger partial charge is 0.331 e. The number of amides is 1. The van der Waals surface area contributed by atoms with Crippen molar-refractivity contribution in [2.45, 2.75) is 13.0 Å². The number of hydrogen-bond acceptors (Lipinski definition) is 4. The summed E-state index contributed by atoms with van der Waals surface area (Å²) in [6.07, 6.45) is 0.868. The molecule has 2 aromatic rings. The minimum Gasteiger partial charge on any atom is -0.331 e. The topological polar surface area (TPSA) is 81.8 Å². The van der Waals surface area contributed by atoms with Crippen LogP contribution in [0.1, 0.15) is 21.1 Å². The summed E-state index contributed by atoms with van der Waals surface area (Å²) in [5.74, 6) is -0.158. The highest BCUT2D eigenvalue weighted by Crippen LogP contribution is 2.24. The molecule has 0 atom stereocenters. The lowest BCUT2D eigenvalue weighted by Gasteiger charge is -2.25. The van der Waals surface area contributed by atoms with Gasteiger partial charge in [-0.3, -0.25) is 9.78 Å². The van der Waals surface area contributed by atoms with E-state index in [9.17, 15) is 9.59 Å². The Bertz CT molecular complexity index is 612. The molecule has 1 aliphatic heterocycles. The van der Waals surface area contributed by atoms with Crippen LogP contribution in [0.15, 0.2) is 16.2 Å². The molecule has 2 N–H and O–H groups in total. The highest BCUT2D eigenvalue weighted by atomic mass is 32.1. The van der Waals surface area contributed by atoms with Gasteiger partial charge in [0.2, 0.25) is 5.82 Å². The normalized spacial score (nSPS) is 14.7. The zero-order valence-electron chi connectivity index (χ0n) is 8.90. The van der Waals surface area contributed by atoms with Gasteiger partial charge in [-0.25, -0.2) is 9.89 Å². The summed E-state index contributed by atoms with van der Waals surface area (Å²) in [7, 11) is 0. The zero-order chi connectivity index (χ0) is 11.8. The molecule has 0 unspecified atom stereocenters. The van der Waals surface area contributed by atoms with Crippen LogP contribution >= 0.6 is 11.3 Å². The van der Waals surface area contributed by atoms with Gasteiger partial charge in [0.25, 0.3) is 5.91 Å². The summed E-state index contributed by atoms with van der Waals surface area (Å²) in [4.78, 5) is 28.3. The van der Waals surface area contributed by atoms with Gasteiger partial charge < -0.3 is 4.90 Å². The molecule has 6 nitrogen and oxygen atoms in total. The van der Waals surface area contributed by atoms with Crippen molar-refractivity contribution in [3.63, 3.8) is 0 Å². The third kappa shape index (κ3) is 1.78. The van der Waals surface area contributed by atoms with E-state index in [0.29, 0.717) is 13.1 Å². The van der Waals surface area contributed by atoms with E-state index in [1.807, 2.05) is 11.4 Å². The molecule has 0 aromatic carbocycles. The molecule has 0 spiro atoms. The van der Waals surface area contributed by atoms with E-state index in [-0.39, 0.29) is 11.7 Å². The number of rotatable bonds is 1. The molecule has 0 aliphatic carbocycles. The molecule has 3 rings (SSSR count). The summed E-state index contributed by atoms with van der Waals surface area (Å²) in [5, 5.41) is 7.89. The number of fused-ring (bicyclic) bond motifs is 1. The number of hydrogen-bond donors (Lipinski definition) is 2. The molecule has 0 radical (unpaired) electrons. The summed E-state index contributed by atoms with van der Waals surface area (Å²) in [6.45, 7) is 1.26. The summed E-state index contributed by atoms with van der Waals surface area (Å²) < 4.78 is 0. The Balaban J connectivity index is 1.83. The molecular weight excluding hydrogens is 240 g/mol. The Morgan fingerprint density at radius 1 is 1.53 bits per heavy atom. The van der Waals surface area contributed by atoms with Crippen molar-refractivity contribution in [1.82, 2.24) is 20.1 Å². The minimum absolute atomic E-state index is 0.0775. The fraction of sp³-hybridized carbons (Fsp3) is 0.300. The standard InChI is InChI=1S/C10H10N4O2S/c15-9(8-11-10(16)13-12-8)14-3-1-7-6(5-14)2-4-17-7/h2,4H,1,3,5H2,(H2,11,12,13,16). The first-order chi connectivity index (χ1) is 8.24. The average Bonchev–Trinajstić information content (AvgIpc) is 2.95. The van der Waals surface area contributed by atoms with Crippen molar-refractivity contribution < 1.29 is 4.79 Å². The molecule has 1 aliphatic rings. The van der Waals surface area contributed by atoms with Crippen LogP contribution in [-0.2, 0) is 13.0 Å². The van der Waals surface area contributed by atoms with Gasteiger partial charge in [0.1, 0.15) is 0 Å². The van der Waals surface area contributed by atoms with Gasteiger partial charge in [-0.2, -0.15) is 0 Å². The lowest BCUT2D eigenvalue weighted by atomic mass is 10.1. The second kappa shape index (κ2) is 3.85. The van der Waals surface area contributed by atoms with Crippen molar-refractivity contribution in [3.05, 3.63) is 38.2 Å². The number of aromatic nitrogens is 3. The number of carbonyl (C=O) groups is 1. The van der Waals surface area contributed by atoms with Gasteiger partial charge in [-0.15, -0.1) is 16.4 Å². The van der Waals surface area contributed by atoms with Gasteiger partial charge in [0, 0.05) is 18.0 Å². The first-order valence-corrected chi connectivity index (χ1v) is 6.11. The number of nitrogens with zero attached hydrogens (tertiary/aromatic N) is 2. The maximum Gasteiger partial charge on any atom is 0.341 e. The van der Waals surface area contributed by atoms with Crippen molar-refractivity contribution in [2.24, 2.45) is 0 Å². The van der Waals surface area contributed by atoms with E-state index >= 15 is 0 Å². The Morgan fingerprint density at radius 3 is 3.18 bits per heavy atom. The number of aromatic amines is 2. The van der Waals surface area contributed by atoms with Gasteiger partial charge in [-0.05, 0) is 23.4 Å². The Kier molecular flexibility index (Phi) is 2.32. The quantitative estimate of drug-likeness (QED) is 0.766. The SMILES string of the molecule is O=C(c1n[nH]c(=O)[nH]1)N1CCc2sccc2C1. The number of thiophene rings is 1.